The van der Waals surface area contributed by atoms with E-state index in [0.29, 0.717) is 0 Å². The Kier molecular flexibility index (Phi) is 7.35. The Bertz CT molecular complexity index is 2490. The molecule has 0 N–H and O–H groups in total. The van der Waals surface area contributed by atoms with Gasteiger partial charge in [-0.05, 0) is 101 Å². The molecule has 0 radical (unpaired) electrons. The van der Waals surface area contributed by atoms with Crippen LogP contribution in [0.1, 0.15) is 44.1 Å². The maximum atomic E-state index is 8.14. The summed E-state index contributed by atoms with van der Waals surface area (Å²) in [6.07, 6.45) is 14.6. The van der Waals surface area contributed by atoms with Gasteiger partial charge in [-0.2, -0.15) is 0 Å². The molecule has 0 aliphatic heterocycles. The maximum Gasteiger partial charge on any atom is 0.428 e. The van der Waals surface area contributed by atoms with Gasteiger partial charge in [0.15, 0.2) is 5.69 Å². The minimum atomic E-state index is 0.216. The maximum absolute atomic E-state index is 8.14. The molecule has 4 saturated carbocycles. The summed E-state index contributed by atoms with van der Waals surface area (Å²) < 4.78 is 6.65. The van der Waals surface area contributed by atoms with Gasteiger partial charge in [0.25, 0.3) is 0 Å². The Hall–Kier alpha value is -5.92. The molecule has 52 heavy (non-hydrogen) atoms. The highest BCUT2D eigenvalue weighted by Gasteiger charge is 2.51. The molecule has 0 atom stereocenters. The van der Waals surface area contributed by atoms with E-state index in [4.69, 9.17) is 6.57 Å². The van der Waals surface area contributed by atoms with Crippen LogP contribution in [-0.4, -0.2) is 0 Å². The van der Waals surface area contributed by atoms with E-state index in [1.54, 1.807) is 0 Å². The molecule has 4 bridgehead atoms. The van der Waals surface area contributed by atoms with E-state index in [1.807, 2.05) is 0 Å². The molecule has 4 aliphatic carbocycles. The Balaban J connectivity index is 1.12. The SMILES string of the molecule is [C-]#[N+]c1cc(-c2ccccc2-[n+]2c[n+](-c3ccccc3)c[n+](-c3cccc(-c4cccc5ccccc45)c3)c2)cc(C23CC4CC(CC(C4)C2)C3)c1. The lowest BCUT2D eigenvalue weighted by atomic mass is 9.48. The molecule has 7 aromatic rings. The summed E-state index contributed by atoms with van der Waals surface area (Å²) in [4.78, 5) is 4.04. The van der Waals surface area contributed by atoms with Crippen molar-refractivity contribution < 1.29 is 13.7 Å². The third-order valence-electron chi connectivity index (χ3n) is 12.2. The largest absolute Gasteiger partial charge is 0.428 e. The normalized spacial score (nSPS) is 21.6. The molecular formula is C48H41N4+3. The van der Waals surface area contributed by atoms with Crippen molar-refractivity contribution in [3.63, 3.8) is 0 Å². The molecule has 4 nitrogen and oxygen atoms in total. The van der Waals surface area contributed by atoms with E-state index in [9.17, 15) is 0 Å². The molecule has 250 valence electrons. The molecule has 4 heteroatoms. The van der Waals surface area contributed by atoms with Crippen LogP contribution in [0.4, 0.5) is 5.69 Å². The van der Waals surface area contributed by atoms with Crippen LogP contribution in [0.5, 0.6) is 0 Å². The predicted molar refractivity (Wildman–Crippen MR) is 206 cm³/mol. The molecular weight excluding hydrogens is 633 g/mol. The van der Waals surface area contributed by atoms with Gasteiger partial charge in [0, 0.05) is 30.3 Å². The Morgan fingerprint density at radius 1 is 0.519 bits per heavy atom. The third-order valence-corrected chi connectivity index (χ3v) is 12.2. The molecule has 1 heterocycles. The fourth-order valence-electron chi connectivity index (χ4n) is 10.3. The number of fused-ring (bicyclic) bond motifs is 1. The highest BCUT2D eigenvalue weighted by atomic mass is 15.2. The van der Waals surface area contributed by atoms with Crippen LogP contribution < -0.4 is 13.7 Å². The van der Waals surface area contributed by atoms with Crippen molar-refractivity contribution >= 4 is 16.5 Å². The first kappa shape index (κ1) is 30.9. The van der Waals surface area contributed by atoms with Gasteiger partial charge >= 0.3 is 19.0 Å². The standard InChI is InChI=1S/C48H41N4/c1-49-41-25-39(24-40(27-41)48-28-34-21-35(29-48)23-36(22-34)30-48)46-18-7-8-20-47(46)52-32-50(42-14-3-2-4-15-42)31-51(33-52)43-16-9-13-38(26-43)45-19-10-12-37-11-5-6-17-44(37)45/h2-20,24-27,31-36H,21-23,28-30H2/q+3. The van der Waals surface area contributed by atoms with Crippen LogP contribution in [0.2, 0.25) is 0 Å². The van der Waals surface area contributed by atoms with Gasteiger partial charge in [0.05, 0.1) is 12.1 Å². The van der Waals surface area contributed by atoms with Crippen molar-refractivity contribution in [3.05, 3.63) is 175 Å². The van der Waals surface area contributed by atoms with Gasteiger partial charge in [0.2, 0.25) is 17.1 Å². The highest BCUT2D eigenvalue weighted by Crippen LogP contribution is 2.61. The van der Waals surface area contributed by atoms with Crippen molar-refractivity contribution in [2.45, 2.75) is 43.9 Å². The minimum Gasteiger partial charge on any atom is -0.238 e. The van der Waals surface area contributed by atoms with E-state index >= 15 is 0 Å². The van der Waals surface area contributed by atoms with Crippen molar-refractivity contribution in [2.75, 3.05) is 0 Å². The van der Waals surface area contributed by atoms with E-state index in [2.05, 4.69) is 177 Å². The zero-order valence-corrected chi connectivity index (χ0v) is 29.3. The van der Waals surface area contributed by atoms with Gasteiger partial charge in [-0.3, -0.25) is 0 Å². The van der Waals surface area contributed by atoms with Crippen LogP contribution in [0.25, 0.3) is 54.9 Å². The zero-order chi connectivity index (χ0) is 34.6. The van der Waals surface area contributed by atoms with Crippen molar-refractivity contribution in [2.24, 2.45) is 17.8 Å². The van der Waals surface area contributed by atoms with Crippen molar-refractivity contribution in [1.82, 2.24) is 0 Å². The van der Waals surface area contributed by atoms with Gasteiger partial charge < -0.3 is 0 Å². The summed E-state index contributed by atoms with van der Waals surface area (Å²) in [7, 11) is 0. The molecule has 0 spiro atoms. The van der Waals surface area contributed by atoms with E-state index in [-0.39, 0.29) is 5.41 Å². The van der Waals surface area contributed by atoms with E-state index in [1.165, 1.54) is 66.0 Å². The van der Waals surface area contributed by atoms with Gasteiger partial charge in [-0.1, -0.05) is 116 Å². The fourth-order valence-corrected chi connectivity index (χ4v) is 10.3. The number of benzene rings is 6. The van der Waals surface area contributed by atoms with Crippen molar-refractivity contribution in [1.29, 1.82) is 0 Å². The summed E-state index contributed by atoms with van der Waals surface area (Å²) in [6, 6.07) is 49.9. The minimum absolute atomic E-state index is 0.216. The number of nitrogens with zero attached hydrogens (tertiary/aromatic N) is 4. The van der Waals surface area contributed by atoms with Crippen LogP contribution in [0, 0.1) is 24.3 Å². The molecule has 4 aliphatic rings. The van der Waals surface area contributed by atoms with Crippen LogP contribution in [0.3, 0.4) is 0 Å². The second-order valence-electron chi connectivity index (χ2n) is 15.6. The average Bonchev–Trinajstić information content (AvgIpc) is 3.20. The molecule has 6 aromatic carbocycles. The van der Waals surface area contributed by atoms with Gasteiger partial charge in [-0.25, -0.2) is 4.85 Å². The molecule has 0 amide bonds. The monoisotopic (exact) mass is 673 g/mol. The van der Waals surface area contributed by atoms with Gasteiger partial charge in [-0.15, -0.1) is 0 Å². The van der Waals surface area contributed by atoms with Crippen LogP contribution in [-0.2, 0) is 5.41 Å². The second-order valence-corrected chi connectivity index (χ2v) is 15.6. The number of hydrogen-bond donors (Lipinski definition) is 0. The molecule has 1 aromatic heterocycles. The predicted octanol–water partition coefficient (Wildman–Crippen LogP) is 10.0. The second kappa shape index (κ2) is 12.4. The lowest BCUT2D eigenvalue weighted by Crippen LogP contribution is -2.55. The number of hydrogen-bond acceptors (Lipinski definition) is 0. The fraction of sp³-hybridized carbons (Fsp3) is 0.208. The Labute approximate surface area is 305 Å². The smallest absolute Gasteiger partial charge is 0.238 e. The summed E-state index contributed by atoms with van der Waals surface area (Å²) in [5, 5.41) is 2.49. The first-order valence-corrected chi connectivity index (χ1v) is 18.8. The van der Waals surface area contributed by atoms with E-state index in [0.717, 1.165) is 51.6 Å². The third kappa shape index (κ3) is 5.40. The topological polar surface area (TPSA) is 16.0 Å². The Morgan fingerprint density at radius 3 is 1.92 bits per heavy atom. The average molecular weight is 674 g/mol. The summed E-state index contributed by atoms with van der Waals surface area (Å²) in [5.41, 5.74) is 10.2. The number of para-hydroxylation sites is 2. The molecule has 0 unspecified atom stereocenters. The number of aromatic nitrogens is 3. The molecule has 4 fully saturated rings. The Morgan fingerprint density at radius 2 is 1.13 bits per heavy atom. The van der Waals surface area contributed by atoms with E-state index < -0.39 is 0 Å². The number of rotatable bonds is 6. The molecule has 11 rings (SSSR count). The summed E-state index contributed by atoms with van der Waals surface area (Å²) in [5.74, 6) is 2.55. The lowest BCUT2D eigenvalue weighted by molar-refractivity contribution is -0.858. The summed E-state index contributed by atoms with van der Waals surface area (Å²) >= 11 is 0. The zero-order valence-electron chi connectivity index (χ0n) is 29.3. The summed E-state index contributed by atoms with van der Waals surface area (Å²) in [6.45, 7) is 8.14. The quantitative estimate of drug-likeness (QED) is 0.123. The highest BCUT2D eigenvalue weighted by molar-refractivity contribution is 5.96. The lowest BCUT2D eigenvalue weighted by Gasteiger charge is -2.57. The first-order chi connectivity index (χ1) is 25.6. The van der Waals surface area contributed by atoms with Crippen molar-refractivity contribution in [3.8, 4) is 39.3 Å². The molecule has 0 saturated heterocycles. The van der Waals surface area contributed by atoms with Gasteiger partial charge in [0.1, 0.15) is 0 Å². The van der Waals surface area contributed by atoms with Crippen LogP contribution in [0.15, 0.2) is 159 Å². The first-order valence-electron chi connectivity index (χ1n) is 18.8. The van der Waals surface area contributed by atoms with Crippen LogP contribution >= 0.6 is 0 Å².